The van der Waals surface area contributed by atoms with Gasteiger partial charge in [0, 0.05) is 6.54 Å². The highest BCUT2D eigenvalue weighted by molar-refractivity contribution is 7.89. The molecule has 0 aliphatic heterocycles. The highest BCUT2D eigenvalue weighted by Gasteiger charge is 2.26. The van der Waals surface area contributed by atoms with E-state index in [2.05, 4.69) is 0 Å². The Morgan fingerprint density at radius 3 is 2.70 bits per heavy atom. The molecule has 0 atom stereocenters. The van der Waals surface area contributed by atoms with E-state index in [9.17, 15) is 17.6 Å². The first kappa shape index (κ1) is 16.5. The van der Waals surface area contributed by atoms with Crippen molar-refractivity contribution in [3.63, 3.8) is 0 Å². The van der Waals surface area contributed by atoms with E-state index in [1.165, 1.54) is 17.6 Å². The van der Waals surface area contributed by atoms with Crippen LogP contribution in [0.4, 0.5) is 4.39 Å². The van der Waals surface area contributed by atoms with E-state index >= 15 is 0 Å². The Balaban J connectivity index is 3.06. The second-order valence-electron chi connectivity index (χ2n) is 4.18. The summed E-state index contributed by atoms with van der Waals surface area (Å²) in [6, 6.07) is 4.57. The van der Waals surface area contributed by atoms with Crippen LogP contribution in [-0.4, -0.2) is 36.9 Å². The van der Waals surface area contributed by atoms with E-state index < -0.39 is 28.3 Å². The Morgan fingerprint density at radius 2 is 2.15 bits per heavy atom. The predicted molar refractivity (Wildman–Crippen MR) is 70.0 cm³/mol. The number of nitrogens with zero attached hydrogens (tertiary/aromatic N) is 1. The fourth-order valence-corrected chi connectivity index (χ4v) is 3.06. The number of halogens is 1. The lowest BCUT2D eigenvalue weighted by molar-refractivity contribution is -0.129. The quantitative estimate of drug-likeness (QED) is 0.584. The van der Waals surface area contributed by atoms with Gasteiger partial charge in [0.05, 0.1) is 11.4 Å². The molecule has 6 nitrogen and oxygen atoms in total. The second kappa shape index (κ2) is 7.32. The number of carbonyl (C=O) groups excluding carboxylic acids is 1. The molecule has 20 heavy (non-hydrogen) atoms. The Hall–Kier alpha value is -1.51. The zero-order valence-electron chi connectivity index (χ0n) is 11.0. The van der Waals surface area contributed by atoms with Crippen molar-refractivity contribution in [2.45, 2.75) is 24.7 Å². The number of carbonyl (C=O) groups is 1. The fraction of sp³-hybridized carbons (Fsp3) is 0.417. The van der Waals surface area contributed by atoms with E-state index in [1.807, 2.05) is 6.92 Å². The Kier molecular flexibility index (Phi) is 6.05. The molecule has 112 valence electrons. The fourth-order valence-electron chi connectivity index (χ4n) is 1.59. The van der Waals surface area contributed by atoms with Crippen LogP contribution in [0.1, 0.15) is 19.8 Å². The van der Waals surface area contributed by atoms with Crippen LogP contribution in [0.25, 0.3) is 0 Å². The number of rotatable bonds is 7. The lowest BCUT2D eigenvalue weighted by Gasteiger charge is -2.21. The maximum Gasteiger partial charge on any atom is 0.258 e. The van der Waals surface area contributed by atoms with Crippen LogP contribution in [0.15, 0.2) is 29.2 Å². The summed E-state index contributed by atoms with van der Waals surface area (Å²) in [7, 11) is -3.98. The summed E-state index contributed by atoms with van der Waals surface area (Å²) in [6.45, 7) is 1.47. The van der Waals surface area contributed by atoms with Gasteiger partial charge in [-0.2, -0.15) is 4.31 Å². The van der Waals surface area contributed by atoms with Crippen LogP contribution in [0.2, 0.25) is 0 Å². The van der Waals surface area contributed by atoms with Crippen molar-refractivity contribution in [1.29, 1.82) is 0 Å². The van der Waals surface area contributed by atoms with Crippen molar-refractivity contribution >= 4 is 15.9 Å². The maximum atomic E-state index is 13.1. The van der Waals surface area contributed by atoms with Gasteiger partial charge in [0.2, 0.25) is 10.0 Å². The predicted octanol–water partition coefficient (Wildman–Crippen LogP) is 1.12. The molecule has 1 aromatic rings. The lowest BCUT2D eigenvalue weighted by Crippen LogP contribution is -2.40. The average molecular weight is 304 g/mol. The van der Waals surface area contributed by atoms with Gasteiger partial charge in [0.15, 0.2) is 0 Å². The number of nitrogens with one attached hydrogen (secondary N) is 1. The summed E-state index contributed by atoms with van der Waals surface area (Å²) in [6.07, 6.45) is 1.28. The van der Waals surface area contributed by atoms with Gasteiger partial charge in [-0.25, -0.2) is 18.3 Å². The van der Waals surface area contributed by atoms with Crippen molar-refractivity contribution in [1.82, 2.24) is 9.79 Å². The molecular formula is C12H17FN2O4S. The summed E-state index contributed by atoms with van der Waals surface area (Å²) < 4.78 is 38.7. The number of hydrogen-bond acceptors (Lipinski definition) is 4. The van der Waals surface area contributed by atoms with Gasteiger partial charge in [-0.05, 0) is 24.6 Å². The second-order valence-corrected chi connectivity index (χ2v) is 6.12. The number of benzene rings is 1. The van der Waals surface area contributed by atoms with Crippen LogP contribution < -0.4 is 5.48 Å². The smallest absolute Gasteiger partial charge is 0.258 e. The van der Waals surface area contributed by atoms with E-state index in [0.717, 1.165) is 22.9 Å². The first-order valence-corrected chi connectivity index (χ1v) is 7.54. The van der Waals surface area contributed by atoms with Gasteiger partial charge < -0.3 is 0 Å². The first-order chi connectivity index (χ1) is 9.41. The Labute approximate surface area is 117 Å². The summed E-state index contributed by atoms with van der Waals surface area (Å²) in [5.74, 6) is -1.52. The van der Waals surface area contributed by atoms with Crippen LogP contribution in [0.3, 0.4) is 0 Å². The molecule has 0 aliphatic rings. The number of hydrogen-bond donors (Lipinski definition) is 2. The highest BCUT2D eigenvalue weighted by atomic mass is 32.2. The Bertz CT molecular complexity index is 562. The molecule has 0 spiro atoms. The van der Waals surface area contributed by atoms with E-state index in [4.69, 9.17) is 5.21 Å². The molecule has 0 heterocycles. The molecule has 0 aromatic heterocycles. The molecule has 0 saturated carbocycles. The largest absolute Gasteiger partial charge is 0.289 e. The summed E-state index contributed by atoms with van der Waals surface area (Å²) in [5.41, 5.74) is 1.39. The third kappa shape index (κ3) is 4.26. The third-order valence-corrected chi connectivity index (χ3v) is 4.48. The molecule has 0 aliphatic carbocycles. The number of amides is 1. The van der Waals surface area contributed by atoms with Crippen LogP contribution in [-0.2, 0) is 14.8 Å². The first-order valence-electron chi connectivity index (χ1n) is 6.10. The van der Waals surface area contributed by atoms with Gasteiger partial charge >= 0.3 is 0 Å². The minimum atomic E-state index is -3.98. The molecule has 0 saturated heterocycles. The topological polar surface area (TPSA) is 86.7 Å². The molecule has 2 N–H and O–H groups in total. The number of sulfonamides is 1. The normalized spacial score (nSPS) is 11.6. The summed E-state index contributed by atoms with van der Waals surface area (Å²) in [4.78, 5) is 11.0. The monoisotopic (exact) mass is 304 g/mol. The molecule has 1 amide bonds. The lowest BCUT2D eigenvalue weighted by atomic mass is 10.3. The molecule has 1 aromatic carbocycles. The van der Waals surface area contributed by atoms with Crippen molar-refractivity contribution in [2.24, 2.45) is 0 Å². The SMILES string of the molecule is CCCCN(CC(=O)NO)S(=O)(=O)c1cccc(F)c1. The van der Waals surface area contributed by atoms with Gasteiger partial charge in [0.25, 0.3) is 5.91 Å². The molecule has 0 radical (unpaired) electrons. The zero-order chi connectivity index (χ0) is 15.2. The van der Waals surface area contributed by atoms with Crippen molar-refractivity contribution in [3.8, 4) is 0 Å². The van der Waals surface area contributed by atoms with Crippen LogP contribution >= 0.6 is 0 Å². The average Bonchev–Trinajstić information content (AvgIpc) is 2.42. The van der Waals surface area contributed by atoms with Crippen molar-refractivity contribution in [2.75, 3.05) is 13.1 Å². The van der Waals surface area contributed by atoms with Crippen molar-refractivity contribution in [3.05, 3.63) is 30.1 Å². The maximum absolute atomic E-state index is 13.1. The van der Waals surface area contributed by atoms with Crippen LogP contribution in [0, 0.1) is 5.82 Å². The molecule has 0 bridgehead atoms. The highest BCUT2D eigenvalue weighted by Crippen LogP contribution is 2.17. The molecule has 0 unspecified atom stereocenters. The standard InChI is InChI=1S/C12H17FN2O4S/c1-2-3-7-15(9-12(16)14-17)20(18,19)11-6-4-5-10(13)8-11/h4-6,8,17H,2-3,7,9H2,1H3,(H,14,16). The van der Waals surface area contributed by atoms with Gasteiger partial charge in [-0.15, -0.1) is 0 Å². The van der Waals surface area contributed by atoms with Gasteiger partial charge in [0.1, 0.15) is 5.82 Å². The van der Waals surface area contributed by atoms with Crippen molar-refractivity contribution < 1.29 is 22.8 Å². The van der Waals surface area contributed by atoms with E-state index in [1.54, 1.807) is 0 Å². The molecule has 0 fully saturated rings. The van der Waals surface area contributed by atoms with Crippen LogP contribution in [0.5, 0.6) is 0 Å². The number of unbranched alkanes of at least 4 members (excludes halogenated alkanes) is 1. The third-order valence-electron chi connectivity index (χ3n) is 2.64. The minimum absolute atomic E-state index is 0.114. The molecule has 8 heteroatoms. The van der Waals surface area contributed by atoms with E-state index in [-0.39, 0.29) is 11.4 Å². The van der Waals surface area contributed by atoms with Gasteiger partial charge in [-0.3, -0.25) is 10.0 Å². The zero-order valence-corrected chi connectivity index (χ0v) is 11.9. The molecule has 1 rings (SSSR count). The Morgan fingerprint density at radius 1 is 1.45 bits per heavy atom. The summed E-state index contributed by atoms with van der Waals surface area (Å²) >= 11 is 0. The van der Waals surface area contributed by atoms with E-state index in [0.29, 0.717) is 6.42 Å². The minimum Gasteiger partial charge on any atom is -0.289 e. The van der Waals surface area contributed by atoms with Gasteiger partial charge in [-0.1, -0.05) is 19.4 Å². The summed E-state index contributed by atoms with van der Waals surface area (Å²) in [5, 5.41) is 8.51. The number of hydroxylamine groups is 1. The molecular weight excluding hydrogens is 287 g/mol.